The first-order chi connectivity index (χ1) is 11.6. The van der Waals surface area contributed by atoms with Crippen LogP contribution in [0.2, 0.25) is 10.0 Å². The summed E-state index contributed by atoms with van der Waals surface area (Å²) >= 11 is 13.2. The molecule has 0 spiro atoms. The molecule has 7 heteroatoms. The summed E-state index contributed by atoms with van der Waals surface area (Å²) < 4.78 is 10.9. The Balaban J connectivity index is 1.68. The molecule has 1 atom stereocenters. The van der Waals surface area contributed by atoms with E-state index in [1.54, 1.807) is 18.2 Å². The molecule has 0 saturated carbocycles. The molecule has 1 unspecified atom stereocenters. The molecular formula is C17H13Cl2NO3S. The van der Waals surface area contributed by atoms with Crippen LogP contribution in [0.3, 0.4) is 0 Å². The van der Waals surface area contributed by atoms with Gasteiger partial charge in [0.2, 0.25) is 17.4 Å². The highest BCUT2D eigenvalue weighted by molar-refractivity contribution is 7.94. The van der Waals surface area contributed by atoms with Crippen LogP contribution in [0.25, 0.3) is 0 Å². The van der Waals surface area contributed by atoms with Gasteiger partial charge < -0.3 is 14.7 Å². The van der Waals surface area contributed by atoms with Crippen molar-refractivity contribution in [3.8, 4) is 0 Å². The third-order valence-electron chi connectivity index (χ3n) is 3.38. The minimum absolute atomic E-state index is 0.00280. The third kappa shape index (κ3) is 3.64. The fourth-order valence-corrected chi connectivity index (χ4v) is 3.27. The normalized spacial score (nSPS) is 17.1. The van der Waals surface area contributed by atoms with Crippen LogP contribution >= 0.6 is 35.2 Å². The average Bonchev–Trinajstić information content (AvgIpc) is 2.86. The van der Waals surface area contributed by atoms with Gasteiger partial charge in [-0.1, -0.05) is 53.5 Å². The summed E-state index contributed by atoms with van der Waals surface area (Å²) in [5.41, 5.74) is 7.32. The number of ether oxygens (including phenoxy) is 1. The number of ketones is 1. The Morgan fingerprint density at radius 1 is 1.17 bits per heavy atom. The van der Waals surface area contributed by atoms with E-state index in [0.29, 0.717) is 21.4 Å². The molecule has 1 heterocycles. The summed E-state index contributed by atoms with van der Waals surface area (Å²) in [6, 6.07) is 14.6. The predicted octanol–water partition coefficient (Wildman–Crippen LogP) is 4.63. The van der Waals surface area contributed by atoms with Gasteiger partial charge in [-0.3, -0.25) is 4.79 Å². The zero-order valence-corrected chi connectivity index (χ0v) is 14.7. The van der Waals surface area contributed by atoms with E-state index < -0.39 is 6.10 Å². The molecular weight excluding hydrogens is 369 g/mol. The highest BCUT2D eigenvalue weighted by Crippen LogP contribution is 2.37. The summed E-state index contributed by atoms with van der Waals surface area (Å²) in [7, 11) is 0. The van der Waals surface area contributed by atoms with Crippen molar-refractivity contribution in [1.29, 1.82) is 0 Å². The lowest BCUT2D eigenvalue weighted by molar-refractivity contribution is -0.122. The molecule has 1 aliphatic heterocycles. The summed E-state index contributed by atoms with van der Waals surface area (Å²) in [6.07, 6.45) is -0.941. The molecule has 0 fully saturated rings. The van der Waals surface area contributed by atoms with Crippen molar-refractivity contribution in [3.05, 3.63) is 81.3 Å². The van der Waals surface area contributed by atoms with Crippen LogP contribution in [0.5, 0.6) is 0 Å². The van der Waals surface area contributed by atoms with Crippen LogP contribution in [-0.4, -0.2) is 5.78 Å². The first-order valence-corrected chi connectivity index (χ1v) is 8.72. The SMILES string of the molecule is NC1=C(OSCc2ccccc2)C(=O)C(c2cc(Cl)ccc2Cl)O1. The minimum atomic E-state index is -0.941. The lowest BCUT2D eigenvalue weighted by Crippen LogP contribution is -2.11. The average molecular weight is 382 g/mol. The summed E-state index contributed by atoms with van der Waals surface area (Å²) in [5.74, 6) is 0.142. The van der Waals surface area contributed by atoms with E-state index in [2.05, 4.69) is 0 Å². The second kappa shape index (κ2) is 7.38. The van der Waals surface area contributed by atoms with E-state index in [1.807, 2.05) is 30.3 Å². The number of carbonyl (C=O) groups excluding carboxylic acids is 1. The van der Waals surface area contributed by atoms with E-state index in [-0.39, 0.29) is 17.4 Å². The highest BCUT2D eigenvalue weighted by atomic mass is 35.5. The summed E-state index contributed by atoms with van der Waals surface area (Å²) in [4.78, 5) is 12.5. The van der Waals surface area contributed by atoms with Gasteiger partial charge in [0.25, 0.3) is 0 Å². The quantitative estimate of drug-likeness (QED) is 0.765. The molecule has 2 aromatic carbocycles. The maximum absolute atomic E-state index is 12.5. The largest absolute Gasteiger partial charge is 0.460 e. The van der Waals surface area contributed by atoms with Crippen molar-refractivity contribution in [3.63, 3.8) is 0 Å². The van der Waals surface area contributed by atoms with Crippen molar-refractivity contribution in [2.24, 2.45) is 5.73 Å². The van der Waals surface area contributed by atoms with E-state index >= 15 is 0 Å². The standard InChI is InChI=1S/C17H13Cl2NO3S/c18-11-6-7-13(19)12(8-11)15-14(21)16(17(20)22-15)23-24-9-10-4-2-1-3-5-10/h1-8,15H,9,20H2. The van der Waals surface area contributed by atoms with Crippen molar-refractivity contribution < 1.29 is 13.7 Å². The van der Waals surface area contributed by atoms with Crippen molar-refractivity contribution in [1.82, 2.24) is 0 Å². The molecule has 0 amide bonds. The number of carbonyl (C=O) groups is 1. The maximum atomic E-state index is 12.5. The lowest BCUT2D eigenvalue weighted by atomic mass is 10.1. The zero-order valence-electron chi connectivity index (χ0n) is 12.4. The van der Waals surface area contributed by atoms with Gasteiger partial charge >= 0.3 is 0 Å². The van der Waals surface area contributed by atoms with Crippen molar-refractivity contribution >= 4 is 41.0 Å². The number of hydrogen-bond acceptors (Lipinski definition) is 5. The molecule has 124 valence electrons. The van der Waals surface area contributed by atoms with Crippen molar-refractivity contribution in [2.75, 3.05) is 0 Å². The van der Waals surface area contributed by atoms with Crippen LogP contribution in [0.1, 0.15) is 17.2 Å². The van der Waals surface area contributed by atoms with Crippen LogP contribution < -0.4 is 5.73 Å². The lowest BCUT2D eigenvalue weighted by Gasteiger charge is -2.12. The van der Waals surface area contributed by atoms with Crippen molar-refractivity contribution in [2.45, 2.75) is 11.9 Å². The molecule has 0 saturated heterocycles. The molecule has 0 bridgehead atoms. The van der Waals surface area contributed by atoms with E-state index in [0.717, 1.165) is 17.6 Å². The summed E-state index contributed by atoms with van der Waals surface area (Å²) in [6.45, 7) is 0. The second-order valence-electron chi connectivity index (χ2n) is 5.05. The number of halogens is 2. The Kier molecular flexibility index (Phi) is 5.23. The van der Waals surface area contributed by atoms with Crippen LogP contribution in [0.4, 0.5) is 0 Å². The van der Waals surface area contributed by atoms with Gasteiger partial charge in [0.15, 0.2) is 6.10 Å². The Morgan fingerprint density at radius 3 is 2.67 bits per heavy atom. The molecule has 4 nitrogen and oxygen atoms in total. The fourth-order valence-electron chi connectivity index (χ4n) is 2.21. The van der Waals surface area contributed by atoms with Gasteiger partial charge in [-0.25, -0.2) is 0 Å². The third-order valence-corrected chi connectivity index (χ3v) is 4.70. The first-order valence-electron chi connectivity index (χ1n) is 7.05. The molecule has 3 rings (SSSR count). The van der Waals surface area contributed by atoms with Crippen LogP contribution in [-0.2, 0) is 19.5 Å². The molecule has 0 aromatic heterocycles. The Labute approximate surface area is 153 Å². The number of rotatable bonds is 5. The molecule has 2 aromatic rings. The fraction of sp³-hybridized carbons (Fsp3) is 0.118. The van der Waals surface area contributed by atoms with Crippen LogP contribution in [0.15, 0.2) is 60.2 Å². The smallest absolute Gasteiger partial charge is 0.249 e. The van der Waals surface area contributed by atoms with Gasteiger partial charge in [-0.2, -0.15) is 0 Å². The number of benzene rings is 2. The maximum Gasteiger partial charge on any atom is 0.249 e. The van der Waals surface area contributed by atoms with Crippen LogP contribution in [0, 0.1) is 0 Å². The topological polar surface area (TPSA) is 61.5 Å². The molecule has 2 N–H and O–H groups in total. The number of hydrogen-bond donors (Lipinski definition) is 1. The van der Waals surface area contributed by atoms with Gasteiger partial charge in [-0.15, -0.1) is 0 Å². The van der Waals surface area contributed by atoms with Gasteiger partial charge in [-0.05, 0) is 23.8 Å². The zero-order chi connectivity index (χ0) is 17.1. The Bertz CT molecular complexity index is 796. The molecule has 1 aliphatic rings. The highest BCUT2D eigenvalue weighted by Gasteiger charge is 2.38. The van der Waals surface area contributed by atoms with E-state index in [1.165, 1.54) is 0 Å². The molecule has 0 aliphatic carbocycles. The minimum Gasteiger partial charge on any atom is -0.460 e. The van der Waals surface area contributed by atoms with Gasteiger partial charge in [0, 0.05) is 15.6 Å². The first kappa shape index (κ1) is 17.0. The van der Waals surface area contributed by atoms with E-state index in [9.17, 15) is 4.79 Å². The van der Waals surface area contributed by atoms with E-state index in [4.69, 9.17) is 37.9 Å². The predicted molar refractivity (Wildman–Crippen MR) is 95.3 cm³/mol. The monoisotopic (exact) mass is 381 g/mol. The van der Waals surface area contributed by atoms with Gasteiger partial charge in [0.05, 0.1) is 17.8 Å². The molecule has 24 heavy (non-hydrogen) atoms. The number of Topliss-reactive ketones (excluding diaryl/α,β-unsaturated/α-hetero) is 1. The molecule has 0 radical (unpaired) electrons. The van der Waals surface area contributed by atoms with Gasteiger partial charge in [0.1, 0.15) is 0 Å². The summed E-state index contributed by atoms with van der Waals surface area (Å²) in [5, 5.41) is 0.834. The second-order valence-corrected chi connectivity index (χ2v) is 6.59. The Morgan fingerprint density at radius 2 is 1.92 bits per heavy atom. The Hall–Kier alpha value is -1.82. The number of nitrogens with two attached hydrogens (primary N) is 1.